The first-order valence-electron chi connectivity index (χ1n) is 20.4. The summed E-state index contributed by atoms with van der Waals surface area (Å²) in [6.45, 7) is 0. The Bertz CT molecular complexity index is 3480. The van der Waals surface area contributed by atoms with Crippen LogP contribution < -0.4 is 5.32 Å². The second-order valence-corrected chi connectivity index (χ2v) is 15.5. The minimum Gasteiger partial charge on any atom is -0.344 e. The van der Waals surface area contributed by atoms with E-state index in [1.54, 1.807) is 0 Å². The summed E-state index contributed by atoms with van der Waals surface area (Å²) in [5.74, 6) is 1.50. The Morgan fingerprint density at radius 2 is 0.883 bits per heavy atom. The molecule has 11 aromatic rings. The molecule has 282 valence electrons. The van der Waals surface area contributed by atoms with Crippen LogP contribution in [-0.2, 0) is 0 Å². The molecule has 0 spiro atoms. The van der Waals surface area contributed by atoms with E-state index in [-0.39, 0.29) is 6.17 Å². The molecule has 1 aliphatic heterocycles. The van der Waals surface area contributed by atoms with E-state index < -0.39 is 0 Å². The Kier molecular flexibility index (Phi) is 7.85. The second-order valence-electron chi connectivity index (χ2n) is 15.5. The second kappa shape index (κ2) is 13.8. The zero-order valence-corrected chi connectivity index (χ0v) is 32.6. The molecule has 0 saturated carbocycles. The Hall–Kier alpha value is -8.02. The van der Waals surface area contributed by atoms with Crippen molar-refractivity contribution in [3.63, 3.8) is 0 Å². The SMILES string of the molecule is c1ccc(C2=NC(c3ccc4c(c3)c3ccccc3n4-c3ccccc3)NC(c3ccc(-c4ccc(-n5c6ccccc6c6cc7ccccc7cc65)cc4)cc3)=N2)cc1. The van der Waals surface area contributed by atoms with Crippen LogP contribution in [0, 0.1) is 0 Å². The average Bonchev–Trinajstić information content (AvgIpc) is 3.83. The fourth-order valence-corrected chi connectivity index (χ4v) is 9.06. The van der Waals surface area contributed by atoms with E-state index in [0.29, 0.717) is 5.84 Å². The van der Waals surface area contributed by atoms with Crippen molar-refractivity contribution in [1.29, 1.82) is 0 Å². The van der Waals surface area contributed by atoms with E-state index >= 15 is 0 Å². The molecule has 3 heterocycles. The molecule has 1 unspecified atom stereocenters. The zero-order valence-electron chi connectivity index (χ0n) is 32.6. The molecule has 1 atom stereocenters. The van der Waals surface area contributed by atoms with Crippen molar-refractivity contribution in [3.05, 3.63) is 229 Å². The van der Waals surface area contributed by atoms with Gasteiger partial charge in [0.15, 0.2) is 5.84 Å². The molecule has 0 radical (unpaired) electrons. The van der Waals surface area contributed by atoms with Crippen LogP contribution in [-0.4, -0.2) is 20.8 Å². The topological polar surface area (TPSA) is 46.6 Å². The van der Waals surface area contributed by atoms with E-state index in [0.717, 1.165) is 50.5 Å². The first-order valence-corrected chi connectivity index (χ1v) is 20.4. The summed E-state index contributed by atoms with van der Waals surface area (Å²) in [4.78, 5) is 10.3. The lowest BCUT2D eigenvalue weighted by molar-refractivity contribution is 0.675. The molecular weight excluding hydrogens is 731 g/mol. The zero-order chi connectivity index (χ0) is 39.6. The number of hydrogen-bond acceptors (Lipinski definition) is 3. The van der Waals surface area contributed by atoms with Crippen molar-refractivity contribution >= 4 is 66.1 Å². The average molecular weight is 768 g/mol. The highest BCUT2D eigenvalue weighted by Crippen LogP contribution is 2.37. The Morgan fingerprint density at radius 3 is 1.58 bits per heavy atom. The van der Waals surface area contributed by atoms with Gasteiger partial charge in [0.05, 0.1) is 22.1 Å². The van der Waals surface area contributed by atoms with Crippen molar-refractivity contribution in [3.8, 4) is 22.5 Å². The maximum Gasteiger partial charge on any atom is 0.159 e. The number of para-hydroxylation sites is 3. The number of benzene rings is 9. The monoisotopic (exact) mass is 767 g/mol. The highest BCUT2D eigenvalue weighted by molar-refractivity contribution is 6.15. The van der Waals surface area contributed by atoms with Crippen LogP contribution in [0.25, 0.3) is 76.9 Å². The van der Waals surface area contributed by atoms with Gasteiger partial charge >= 0.3 is 0 Å². The van der Waals surface area contributed by atoms with Crippen LogP contribution in [0.2, 0.25) is 0 Å². The van der Waals surface area contributed by atoms with Crippen LogP contribution in [0.5, 0.6) is 0 Å². The quantitative estimate of drug-likeness (QED) is 0.180. The van der Waals surface area contributed by atoms with Gasteiger partial charge in [-0.3, -0.25) is 0 Å². The van der Waals surface area contributed by atoms with E-state index in [9.17, 15) is 0 Å². The summed E-state index contributed by atoms with van der Waals surface area (Å²) in [5, 5.41) is 11.1. The minimum atomic E-state index is -0.331. The summed E-state index contributed by atoms with van der Waals surface area (Å²) < 4.78 is 4.73. The number of nitrogens with zero attached hydrogens (tertiary/aromatic N) is 4. The fraction of sp³-hybridized carbons (Fsp3) is 0.0182. The van der Waals surface area contributed by atoms with Crippen LogP contribution in [0.1, 0.15) is 22.9 Å². The van der Waals surface area contributed by atoms with E-state index in [2.05, 4.69) is 209 Å². The van der Waals surface area contributed by atoms with Crippen molar-refractivity contribution in [1.82, 2.24) is 14.5 Å². The molecule has 0 aliphatic carbocycles. The molecule has 9 aromatic carbocycles. The molecule has 0 saturated heterocycles. The number of aliphatic imine (C=N–C) groups is 2. The van der Waals surface area contributed by atoms with Gasteiger partial charge in [-0.1, -0.05) is 152 Å². The summed E-state index contributed by atoms with van der Waals surface area (Å²) >= 11 is 0. The van der Waals surface area contributed by atoms with Crippen molar-refractivity contribution in [2.75, 3.05) is 0 Å². The number of fused-ring (bicyclic) bond motifs is 7. The highest BCUT2D eigenvalue weighted by atomic mass is 15.2. The standard InChI is InChI=1S/C55H37N5/c1-3-13-38(14-4-1)53-56-54(58-55(57-53)42-29-32-51-47(34-42)45-19-9-11-21-49(45)59(51)43-17-5-2-6-18-43)39-25-23-36(24-26-39)37-27-30-44(31-28-37)60-50-22-12-10-20-46(50)48-33-40-15-7-8-16-41(40)35-52(48)60/h1-35,55H,(H,56,57,58). The van der Waals surface area contributed by atoms with Gasteiger partial charge in [0.2, 0.25) is 0 Å². The number of aromatic nitrogens is 2. The number of nitrogens with one attached hydrogen (secondary N) is 1. The molecule has 0 fully saturated rings. The predicted octanol–water partition coefficient (Wildman–Crippen LogP) is 13.2. The summed E-state index contributed by atoms with van der Waals surface area (Å²) in [5.41, 5.74) is 12.4. The molecule has 0 amide bonds. The van der Waals surface area contributed by atoms with Crippen molar-refractivity contribution < 1.29 is 0 Å². The number of rotatable bonds is 6. The van der Waals surface area contributed by atoms with Crippen molar-refractivity contribution in [2.45, 2.75) is 6.17 Å². The summed E-state index contributed by atoms with van der Waals surface area (Å²) in [6, 6.07) is 75.7. The summed E-state index contributed by atoms with van der Waals surface area (Å²) in [6.07, 6.45) is -0.331. The smallest absolute Gasteiger partial charge is 0.159 e. The molecule has 2 aromatic heterocycles. The maximum absolute atomic E-state index is 5.21. The van der Waals surface area contributed by atoms with Gasteiger partial charge in [-0.2, -0.15) is 0 Å². The largest absolute Gasteiger partial charge is 0.344 e. The maximum atomic E-state index is 5.21. The third kappa shape index (κ3) is 5.63. The van der Waals surface area contributed by atoms with Gasteiger partial charge in [-0.05, 0) is 88.1 Å². The minimum absolute atomic E-state index is 0.331. The molecule has 5 heteroatoms. The molecule has 1 aliphatic rings. The third-order valence-electron chi connectivity index (χ3n) is 12.0. The Balaban J connectivity index is 0.885. The lowest BCUT2D eigenvalue weighted by atomic mass is 10.0. The van der Waals surface area contributed by atoms with Crippen molar-refractivity contribution in [2.24, 2.45) is 9.98 Å². The van der Waals surface area contributed by atoms with Crippen LogP contribution in [0.3, 0.4) is 0 Å². The number of amidine groups is 2. The first-order chi connectivity index (χ1) is 29.7. The molecular formula is C55H37N5. The van der Waals surface area contributed by atoms with E-state index in [4.69, 9.17) is 9.98 Å². The Labute approximate surface area is 346 Å². The summed E-state index contributed by atoms with van der Waals surface area (Å²) in [7, 11) is 0. The van der Waals surface area contributed by atoms with Crippen LogP contribution in [0.15, 0.2) is 222 Å². The van der Waals surface area contributed by atoms with Crippen LogP contribution >= 0.6 is 0 Å². The lowest BCUT2D eigenvalue weighted by Gasteiger charge is -2.24. The molecule has 60 heavy (non-hydrogen) atoms. The van der Waals surface area contributed by atoms with Gasteiger partial charge in [0, 0.05) is 44.0 Å². The van der Waals surface area contributed by atoms with Gasteiger partial charge < -0.3 is 14.5 Å². The Morgan fingerprint density at radius 1 is 0.367 bits per heavy atom. The predicted molar refractivity (Wildman–Crippen MR) is 250 cm³/mol. The van der Waals surface area contributed by atoms with E-state index in [1.807, 2.05) is 18.2 Å². The van der Waals surface area contributed by atoms with Gasteiger partial charge in [0.25, 0.3) is 0 Å². The van der Waals surface area contributed by atoms with Gasteiger partial charge in [-0.25, -0.2) is 9.98 Å². The molecule has 1 N–H and O–H groups in total. The van der Waals surface area contributed by atoms with Gasteiger partial charge in [-0.15, -0.1) is 0 Å². The highest BCUT2D eigenvalue weighted by Gasteiger charge is 2.23. The fourth-order valence-electron chi connectivity index (χ4n) is 9.06. The van der Waals surface area contributed by atoms with Gasteiger partial charge in [0.1, 0.15) is 12.0 Å². The van der Waals surface area contributed by atoms with Crippen LogP contribution in [0.4, 0.5) is 0 Å². The normalized spacial score (nSPS) is 14.2. The lowest BCUT2D eigenvalue weighted by Crippen LogP contribution is -2.33. The third-order valence-corrected chi connectivity index (χ3v) is 12.0. The molecule has 12 rings (SSSR count). The van der Waals surface area contributed by atoms with E-state index in [1.165, 1.54) is 48.9 Å². The molecule has 0 bridgehead atoms. The first kappa shape index (κ1) is 34.1. The molecule has 5 nitrogen and oxygen atoms in total. The number of hydrogen-bond donors (Lipinski definition) is 1.